The first-order valence-corrected chi connectivity index (χ1v) is 8.15. The van der Waals surface area contributed by atoms with Gasteiger partial charge < -0.3 is 5.32 Å². The van der Waals surface area contributed by atoms with Gasteiger partial charge in [-0.05, 0) is 61.8 Å². The molecule has 5 rings (SSSR count). The largest absolute Gasteiger partial charge is 0.326 e. The number of nitrogens with one attached hydrogen (secondary N) is 1. The first-order chi connectivity index (χ1) is 10.6. The zero-order valence-electron chi connectivity index (χ0n) is 12.4. The first-order valence-electron chi connectivity index (χ1n) is 8.15. The van der Waals surface area contributed by atoms with E-state index in [0.29, 0.717) is 17.5 Å². The van der Waals surface area contributed by atoms with Crippen LogP contribution in [0, 0.1) is 39.7 Å². The van der Waals surface area contributed by atoms with Crippen LogP contribution in [0.3, 0.4) is 0 Å². The zero-order valence-corrected chi connectivity index (χ0v) is 12.4. The van der Waals surface area contributed by atoms with Crippen LogP contribution >= 0.6 is 0 Å². The Morgan fingerprint density at radius 2 is 1.73 bits per heavy atom. The minimum atomic E-state index is -0.432. The van der Waals surface area contributed by atoms with Gasteiger partial charge in [-0.1, -0.05) is 6.07 Å². The standard InChI is InChI=1S/C17H20N2O3/c20-17(18-14-2-1-3-15(9-14)19(21)22)16-12-5-10-4-11(7-12)8-13(16)6-10/h1-3,9-13,16H,4-8H2,(H,18,20). The van der Waals surface area contributed by atoms with E-state index in [0.717, 1.165) is 11.8 Å². The highest BCUT2D eigenvalue weighted by Crippen LogP contribution is 2.56. The molecule has 1 aromatic rings. The summed E-state index contributed by atoms with van der Waals surface area (Å²) in [5.74, 6) is 2.89. The third-order valence-electron chi connectivity index (χ3n) is 5.85. The van der Waals surface area contributed by atoms with E-state index in [2.05, 4.69) is 5.32 Å². The number of amides is 1. The van der Waals surface area contributed by atoms with Crippen LogP contribution in [0.25, 0.3) is 0 Å². The Labute approximate surface area is 129 Å². The lowest BCUT2D eigenvalue weighted by Crippen LogP contribution is -2.49. The molecular formula is C17H20N2O3. The minimum Gasteiger partial charge on any atom is -0.326 e. The summed E-state index contributed by atoms with van der Waals surface area (Å²) in [4.78, 5) is 23.1. The number of benzene rings is 1. The van der Waals surface area contributed by atoms with E-state index in [-0.39, 0.29) is 17.5 Å². The summed E-state index contributed by atoms with van der Waals surface area (Å²) in [6.45, 7) is 0. The van der Waals surface area contributed by atoms with Gasteiger partial charge in [-0.15, -0.1) is 0 Å². The van der Waals surface area contributed by atoms with Crippen molar-refractivity contribution >= 4 is 17.3 Å². The molecule has 0 heterocycles. The molecule has 1 N–H and O–H groups in total. The Bertz CT molecular complexity index is 600. The van der Waals surface area contributed by atoms with Crippen LogP contribution in [-0.2, 0) is 4.79 Å². The molecule has 4 fully saturated rings. The number of non-ortho nitro benzene ring substituents is 1. The average molecular weight is 300 g/mol. The van der Waals surface area contributed by atoms with Crippen molar-refractivity contribution in [3.05, 3.63) is 34.4 Å². The Morgan fingerprint density at radius 1 is 1.09 bits per heavy atom. The van der Waals surface area contributed by atoms with Crippen LogP contribution in [0.15, 0.2) is 24.3 Å². The van der Waals surface area contributed by atoms with Crippen molar-refractivity contribution < 1.29 is 9.72 Å². The molecule has 5 nitrogen and oxygen atoms in total. The van der Waals surface area contributed by atoms with Gasteiger partial charge >= 0.3 is 0 Å². The van der Waals surface area contributed by atoms with Crippen LogP contribution in [-0.4, -0.2) is 10.8 Å². The number of carbonyl (C=O) groups is 1. The monoisotopic (exact) mass is 300 g/mol. The molecule has 0 atom stereocenters. The molecule has 4 saturated carbocycles. The second kappa shape index (κ2) is 5.07. The number of hydrogen-bond acceptors (Lipinski definition) is 3. The van der Waals surface area contributed by atoms with Crippen molar-refractivity contribution in [2.24, 2.45) is 29.6 Å². The number of nitro groups is 1. The van der Waals surface area contributed by atoms with E-state index in [1.165, 1.54) is 44.2 Å². The van der Waals surface area contributed by atoms with Crippen LogP contribution in [0.4, 0.5) is 11.4 Å². The van der Waals surface area contributed by atoms with Gasteiger partial charge in [-0.2, -0.15) is 0 Å². The second-order valence-electron chi connectivity index (χ2n) is 7.25. The Kier molecular flexibility index (Phi) is 3.17. The summed E-state index contributed by atoms with van der Waals surface area (Å²) in [5, 5.41) is 13.8. The van der Waals surface area contributed by atoms with Crippen molar-refractivity contribution in [1.82, 2.24) is 0 Å². The number of anilines is 1. The van der Waals surface area contributed by atoms with E-state index in [9.17, 15) is 14.9 Å². The van der Waals surface area contributed by atoms with E-state index in [1.807, 2.05) is 0 Å². The van der Waals surface area contributed by atoms with Crippen LogP contribution in [0.2, 0.25) is 0 Å². The maximum Gasteiger partial charge on any atom is 0.271 e. The van der Waals surface area contributed by atoms with E-state index < -0.39 is 4.92 Å². The van der Waals surface area contributed by atoms with Crippen molar-refractivity contribution in [3.8, 4) is 0 Å². The van der Waals surface area contributed by atoms with Crippen LogP contribution in [0.5, 0.6) is 0 Å². The Morgan fingerprint density at radius 3 is 2.32 bits per heavy atom. The quantitative estimate of drug-likeness (QED) is 0.684. The van der Waals surface area contributed by atoms with E-state index in [4.69, 9.17) is 0 Å². The van der Waals surface area contributed by atoms with Crippen molar-refractivity contribution in [2.75, 3.05) is 5.32 Å². The SMILES string of the molecule is O=C(Nc1cccc([N+](=O)[O-])c1)C1C2CC3CC(C2)CC1C3. The first kappa shape index (κ1) is 13.7. The Balaban J connectivity index is 1.51. The molecule has 5 heteroatoms. The maximum absolute atomic E-state index is 12.7. The fourth-order valence-electron chi connectivity index (χ4n) is 5.28. The second-order valence-corrected chi connectivity index (χ2v) is 7.25. The molecule has 4 aliphatic rings. The molecule has 4 aliphatic carbocycles. The summed E-state index contributed by atoms with van der Waals surface area (Å²) in [5.41, 5.74) is 0.552. The van der Waals surface area contributed by atoms with Gasteiger partial charge in [0.2, 0.25) is 5.91 Å². The molecule has 0 aliphatic heterocycles. The summed E-state index contributed by atoms with van der Waals surface area (Å²) >= 11 is 0. The van der Waals surface area contributed by atoms with E-state index in [1.54, 1.807) is 12.1 Å². The fraction of sp³-hybridized carbons (Fsp3) is 0.588. The molecule has 1 amide bonds. The number of carbonyl (C=O) groups excluding carboxylic acids is 1. The summed E-state index contributed by atoms with van der Waals surface area (Å²) in [7, 11) is 0. The van der Waals surface area contributed by atoms with E-state index >= 15 is 0 Å². The molecule has 0 radical (unpaired) electrons. The summed E-state index contributed by atoms with van der Waals surface area (Å²) < 4.78 is 0. The number of nitro benzene ring substituents is 1. The highest BCUT2D eigenvalue weighted by Gasteiger charge is 2.50. The molecule has 0 saturated heterocycles. The number of nitrogens with zero attached hydrogens (tertiary/aromatic N) is 1. The molecule has 116 valence electrons. The molecule has 4 bridgehead atoms. The molecular weight excluding hydrogens is 280 g/mol. The molecule has 1 aromatic carbocycles. The van der Waals surface area contributed by atoms with Gasteiger partial charge in [0.25, 0.3) is 5.69 Å². The topological polar surface area (TPSA) is 72.2 Å². The number of hydrogen-bond donors (Lipinski definition) is 1. The van der Waals surface area contributed by atoms with Crippen LogP contribution in [0.1, 0.15) is 32.1 Å². The van der Waals surface area contributed by atoms with Gasteiger partial charge in [0.15, 0.2) is 0 Å². The van der Waals surface area contributed by atoms with Crippen molar-refractivity contribution in [3.63, 3.8) is 0 Å². The molecule has 0 aromatic heterocycles. The van der Waals surface area contributed by atoms with Crippen molar-refractivity contribution in [1.29, 1.82) is 0 Å². The maximum atomic E-state index is 12.7. The molecule has 0 unspecified atom stereocenters. The normalized spacial score (nSPS) is 35.4. The van der Waals surface area contributed by atoms with Gasteiger partial charge in [0.05, 0.1) is 4.92 Å². The lowest BCUT2D eigenvalue weighted by atomic mass is 9.51. The van der Waals surface area contributed by atoms with Gasteiger partial charge in [-0.3, -0.25) is 14.9 Å². The van der Waals surface area contributed by atoms with Gasteiger partial charge in [-0.25, -0.2) is 0 Å². The lowest BCUT2D eigenvalue weighted by Gasteiger charge is -2.53. The highest BCUT2D eigenvalue weighted by atomic mass is 16.6. The van der Waals surface area contributed by atoms with Crippen LogP contribution < -0.4 is 5.32 Å². The minimum absolute atomic E-state index is 0.0166. The predicted octanol–water partition coefficient (Wildman–Crippen LogP) is 3.61. The fourth-order valence-corrected chi connectivity index (χ4v) is 5.28. The third-order valence-corrected chi connectivity index (χ3v) is 5.85. The molecule has 0 spiro atoms. The third kappa shape index (κ3) is 2.28. The van der Waals surface area contributed by atoms with Crippen molar-refractivity contribution in [2.45, 2.75) is 32.1 Å². The van der Waals surface area contributed by atoms with Gasteiger partial charge in [0, 0.05) is 23.7 Å². The number of rotatable bonds is 3. The Hall–Kier alpha value is -1.91. The lowest BCUT2D eigenvalue weighted by molar-refractivity contribution is -0.384. The summed E-state index contributed by atoms with van der Waals surface area (Å²) in [6, 6.07) is 6.22. The average Bonchev–Trinajstić information content (AvgIpc) is 2.46. The summed E-state index contributed by atoms with van der Waals surface area (Å²) in [6.07, 6.45) is 6.15. The van der Waals surface area contributed by atoms with Gasteiger partial charge in [0.1, 0.15) is 0 Å². The molecule has 22 heavy (non-hydrogen) atoms. The predicted molar refractivity (Wildman–Crippen MR) is 82.3 cm³/mol. The highest BCUT2D eigenvalue weighted by molar-refractivity contribution is 5.93. The zero-order chi connectivity index (χ0) is 15.3. The smallest absolute Gasteiger partial charge is 0.271 e.